The Morgan fingerprint density at radius 1 is 1.07 bits per heavy atom. The summed E-state index contributed by atoms with van der Waals surface area (Å²) in [4.78, 5) is 0. The zero-order valence-electron chi connectivity index (χ0n) is 9.16. The third kappa shape index (κ3) is 4.11. The van der Waals surface area contributed by atoms with Gasteiger partial charge in [-0.1, -0.05) is 26.2 Å². The van der Waals surface area contributed by atoms with Crippen LogP contribution >= 0.6 is 0 Å². The molecule has 0 fully saturated rings. The first-order valence-corrected chi connectivity index (χ1v) is 5.50. The molecule has 0 bridgehead atoms. The maximum atomic E-state index is 9.25. The largest absolute Gasteiger partial charge is 0.504 e. The number of hydrogen-bond donors (Lipinski definition) is 3. The minimum atomic E-state index is -0.0773. The number of phenols is 2. The second-order valence-electron chi connectivity index (χ2n) is 3.69. The van der Waals surface area contributed by atoms with Gasteiger partial charge in [0.25, 0.3) is 0 Å². The molecular formula is C12H19NO2. The van der Waals surface area contributed by atoms with E-state index in [9.17, 15) is 5.11 Å². The molecule has 0 aliphatic heterocycles. The number of anilines is 1. The number of aromatic hydroxyl groups is 2. The Kier molecular flexibility index (Phi) is 4.81. The van der Waals surface area contributed by atoms with Gasteiger partial charge in [-0.25, -0.2) is 0 Å². The first-order chi connectivity index (χ1) is 7.24. The van der Waals surface area contributed by atoms with Crippen LogP contribution in [0.25, 0.3) is 0 Å². The van der Waals surface area contributed by atoms with Crippen LogP contribution in [0.4, 0.5) is 5.69 Å². The van der Waals surface area contributed by atoms with Gasteiger partial charge in [-0.05, 0) is 18.6 Å². The molecule has 0 atom stereocenters. The molecule has 1 aromatic carbocycles. The standard InChI is InChI=1S/C12H19NO2/c1-2-3-4-5-8-13-10-6-7-11(14)12(15)9-10/h6-7,9,13-15H,2-5,8H2,1H3. The first-order valence-electron chi connectivity index (χ1n) is 5.50. The topological polar surface area (TPSA) is 52.5 Å². The normalized spacial score (nSPS) is 10.2. The molecule has 15 heavy (non-hydrogen) atoms. The van der Waals surface area contributed by atoms with E-state index in [1.807, 2.05) is 0 Å². The van der Waals surface area contributed by atoms with E-state index in [1.54, 1.807) is 6.07 Å². The van der Waals surface area contributed by atoms with Gasteiger partial charge in [0.15, 0.2) is 11.5 Å². The zero-order chi connectivity index (χ0) is 11.1. The molecule has 0 saturated carbocycles. The van der Waals surface area contributed by atoms with Crippen molar-refractivity contribution < 1.29 is 10.2 Å². The molecule has 0 aliphatic carbocycles. The summed E-state index contributed by atoms with van der Waals surface area (Å²) in [6, 6.07) is 4.79. The van der Waals surface area contributed by atoms with Crippen molar-refractivity contribution in [3.63, 3.8) is 0 Å². The van der Waals surface area contributed by atoms with Crippen LogP contribution in [0.15, 0.2) is 18.2 Å². The summed E-state index contributed by atoms with van der Waals surface area (Å²) in [5, 5.41) is 21.6. The van der Waals surface area contributed by atoms with Crippen molar-refractivity contribution in [3.8, 4) is 11.5 Å². The van der Waals surface area contributed by atoms with Crippen LogP contribution in [0.3, 0.4) is 0 Å². The summed E-state index contributed by atoms with van der Waals surface area (Å²) in [7, 11) is 0. The van der Waals surface area contributed by atoms with Crippen molar-refractivity contribution in [1.82, 2.24) is 0 Å². The summed E-state index contributed by atoms with van der Waals surface area (Å²) in [5.74, 6) is -0.153. The number of rotatable bonds is 6. The van der Waals surface area contributed by atoms with Crippen molar-refractivity contribution in [2.45, 2.75) is 32.6 Å². The molecule has 0 radical (unpaired) electrons. The van der Waals surface area contributed by atoms with E-state index in [0.717, 1.165) is 18.7 Å². The van der Waals surface area contributed by atoms with Crippen molar-refractivity contribution in [2.24, 2.45) is 0 Å². The first kappa shape index (κ1) is 11.7. The molecule has 3 nitrogen and oxygen atoms in total. The van der Waals surface area contributed by atoms with Gasteiger partial charge in [0.1, 0.15) is 0 Å². The summed E-state index contributed by atoms with van der Waals surface area (Å²) in [5.41, 5.74) is 0.849. The minimum Gasteiger partial charge on any atom is -0.504 e. The van der Waals surface area contributed by atoms with Gasteiger partial charge in [0, 0.05) is 18.3 Å². The molecule has 0 unspecified atom stereocenters. The summed E-state index contributed by atoms with van der Waals surface area (Å²) in [6.45, 7) is 3.09. The van der Waals surface area contributed by atoms with Gasteiger partial charge in [-0.3, -0.25) is 0 Å². The average molecular weight is 209 g/mol. The SMILES string of the molecule is CCCCCCNc1ccc(O)c(O)c1. The zero-order valence-corrected chi connectivity index (χ0v) is 9.16. The third-order valence-corrected chi connectivity index (χ3v) is 2.33. The Bertz CT molecular complexity index is 300. The Morgan fingerprint density at radius 2 is 1.87 bits per heavy atom. The van der Waals surface area contributed by atoms with Gasteiger partial charge in [0.2, 0.25) is 0 Å². The molecule has 1 aromatic rings. The predicted molar refractivity (Wildman–Crippen MR) is 62.4 cm³/mol. The number of hydrogen-bond acceptors (Lipinski definition) is 3. The van der Waals surface area contributed by atoms with E-state index in [-0.39, 0.29) is 11.5 Å². The monoisotopic (exact) mass is 209 g/mol. The number of unbranched alkanes of at least 4 members (excludes halogenated alkanes) is 3. The fourth-order valence-electron chi connectivity index (χ4n) is 1.42. The fraction of sp³-hybridized carbons (Fsp3) is 0.500. The van der Waals surface area contributed by atoms with Crippen LogP contribution in [-0.4, -0.2) is 16.8 Å². The highest BCUT2D eigenvalue weighted by atomic mass is 16.3. The summed E-state index contributed by atoms with van der Waals surface area (Å²) < 4.78 is 0. The van der Waals surface area contributed by atoms with E-state index in [1.165, 1.54) is 31.4 Å². The molecule has 0 aliphatic rings. The highest BCUT2D eigenvalue weighted by Gasteiger charge is 1.99. The van der Waals surface area contributed by atoms with E-state index in [2.05, 4.69) is 12.2 Å². The van der Waals surface area contributed by atoms with E-state index < -0.39 is 0 Å². The highest BCUT2D eigenvalue weighted by Crippen LogP contribution is 2.27. The molecule has 3 heteroatoms. The lowest BCUT2D eigenvalue weighted by molar-refractivity contribution is 0.404. The van der Waals surface area contributed by atoms with Crippen molar-refractivity contribution in [2.75, 3.05) is 11.9 Å². The summed E-state index contributed by atoms with van der Waals surface area (Å²) >= 11 is 0. The molecule has 0 aromatic heterocycles. The minimum absolute atomic E-state index is 0.0754. The number of benzene rings is 1. The maximum Gasteiger partial charge on any atom is 0.159 e. The Labute approximate surface area is 90.8 Å². The highest BCUT2D eigenvalue weighted by molar-refractivity contribution is 5.53. The number of nitrogens with one attached hydrogen (secondary N) is 1. The summed E-state index contributed by atoms with van der Waals surface area (Å²) in [6.07, 6.45) is 4.87. The van der Waals surface area contributed by atoms with Gasteiger partial charge in [0.05, 0.1) is 0 Å². The third-order valence-electron chi connectivity index (χ3n) is 2.33. The van der Waals surface area contributed by atoms with Crippen LogP contribution in [0.1, 0.15) is 32.6 Å². The smallest absolute Gasteiger partial charge is 0.159 e. The van der Waals surface area contributed by atoms with Gasteiger partial charge in [-0.2, -0.15) is 0 Å². The van der Waals surface area contributed by atoms with Gasteiger partial charge < -0.3 is 15.5 Å². The molecule has 0 saturated heterocycles. The van der Waals surface area contributed by atoms with E-state index in [0.29, 0.717) is 0 Å². The lowest BCUT2D eigenvalue weighted by atomic mass is 10.2. The fourth-order valence-corrected chi connectivity index (χ4v) is 1.42. The molecule has 84 valence electrons. The second kappa shape index (κ2) is 6.17. The molecular weight excluding hydrogens is 190 g/mol. The van der Waals surface area contributed by atoms with Crippen LogP contribution in [0, 0.1) is 0 Å². The van der Waals surface area contributed by atoms with E-state index >= 15 is 0 Å². The molecule has 0 spiro atoms. The lowest BCUT2D eigenvalue weighted by Gasteiger charge is -2.07. The second-order valence-corrected chi connectivity index (χ2v) is 3.69. The molecule has 1 rings (SSSR count). The average Bonchev–Trinajstić information content (AvgIpc) is 2.23. The van der Waals surface area contributed by atoms with Crippen LogP contribution in [0.2, 0.25) is 0 Å². The molecule has 0 heterocycles. The van der Waals surface area contributed by atoms with E-state index in [4.69, 9.17) is 5.11 Å². The maximum absolute atomic E-state index is 9.25. The van der Waals surface area contributed by atoms with Gasteiger partial charge in [-0.15, -0.1) is 0 Å². The lowest BCUT2D eigenvalue weighted by Crippen LogP contribution is -2.00. The van der Waals surface area contributed by atoms with Crippen LogP contribution in [-0.2, 0) is 0 Å². The number of phenolic OH excluding ortho intramolecular Hbond substituents is 2. The molecule has 3 N–H and O–H groups in total. The Balaban J connectivity index is 2.28. The van der Waals surface area contributed by atoms with Crippen molar-refractivity contribution in [1.29, 1.82) is 0 Å². The van der Waals surface area contributed by atoms with Crippen LogP contribution in [0.5, 0.6) is 11.5 Å². The van der Waals surface area contributed by atoms with Crippen molar-refractivity contribution >= 4 is 5.69 Å². The van der Waals surface area contributed by atoms with Crippen molar-refractivity contribution in [3.05, 3.63) is 18.2 Å². The van der Waals surface area contributed by atoms with Gasteiger partial charge >= 0.3 is 0 Å². The quantitative estimate of drug-likeness (QED) is 0.383. The van der Waals surface area contributed by atoms with Crippen LogP contribution < -0.4 is 5.32 Å². The Hall–Kier alpha value is -1.38. The Morgan fingerprint density at radius 3 is 2.53 bits per heavy atom. The molecule has 0 amide bonds. The predicted octanol–water partition coefficient (Wildman–Crippen LogP) is 3.09.